The van der Waals surface area contributed by atoms with Crippen molar-refractivity contribution in [3.8, 4) is 5.75 Å². The Bertz CT molecular complexity index is 1080. The lowest BCUT2D eigenvalue weighted by Crippen LogP contribution is -2.37. The molecule has 0 aromatic heterocycles. The molecule has 0 aliphatic heterocycles. The van der Waals surface area contributed by atoms with E-state index in [0.717, 1.165) is 17.5 Å². The number of hydrogen-bond acceptors (Lipinski definition) is 8. The number of hydroxylamine groups is 1. The quantitative estimate of drug-likeness (QED) is 0.212. The van der Waals surface area contributed by atoms with Gasteiger partial charge in [0, 0.05) is 13.1 Å². The third kappa shape index (κ3) is 4.40. The number of nitrogens with zero attached hydrogens (tertiary/aromatic N) is 1. The van der Waals surface area contributed by atoms with Crippen LogP contribution in [0.3, 0.4) is 0 Å². The predicted molar refractivity (Wildman–Crippen MR) is 117 cm³/mol. The Morgan fingerprint density at radius 1 is 1.10 bits per heavy atom. The Morgan fingerprint density at radius 3 is 2.41 bits per heavy atom. The Labute approximate surface area is 177 Å². The molecular weight excluding hydrogens is 414 g/mol. The summed E-state index contributed by atoms with van der Waals surface area (Å²) < 4.78 is 1.41. The molecule has 0 fully saturated rings. The molecule has 0 radical (unpaired) electrons. The largest absolute Gasteiger partial charge is 0.505 e. The highest BCUT2D eigenvalue weighted by Gasteiger charge is 2.24. The Balaban J connectivity index is 1.87. The average Bonchev–Trinajstić information content (AvgIpc) is 2.74. The van der Waals surface area contributed by atoms with Gasteiger partial charge in [-0.15, -0.1) is 4.47 Å². The second-order valence-corrected chi connectivity index (χ2v) is 7.81. The summed E-state index contributed by atoms with van der Waals surface area (Å²) in [7, 11) is 3.14. The number of rotatable bonds is 8. The first-order chi connectivity index (χ1) is 13.8. The first kappa shape index (κ1) is 21.2. The van der Waals surface area contributed by atoms with Crippen LogP contribution in [0.5, 0.6) is 5.75 Å². The number of halogens is 1. The van der Waals surface area contributed by atoms with Gasteiger partial charge in [0.2, 0.25) is 0 Å². The van der Waals surface area contributed by atoms with Crippen LogP contribution < -0.4 is 21.5 Å². The van der Waals surface area contributed by atoms with E-state index in [9.17, 15) is 14.7 Å². The van der Waals surface area contributed by atoms with E-state index in [-0.39, 0.29) is 28.9 Å². The molecule has 0 aliphatic carbocycles. The predicted octanol–water partition coefficient (Wildman–Crippen LogP) is 4.06. The summed E-state index contributed by atoms with van der Waals surface area (Å²) in [6, 6.07) is 12.5. The normalized spacial score (nSPS) is 12.3. The molecule has 3 rings (SSSR count). The molecule has 0 saturated carbocycles. The maximum Gasteiger partial charge on any atom is 0.253 e. The van der Waals surface area contributed by atoms with E-state index in [4.69, 9.17) is 16.4 Å². The van der Waals surface area contributed by atoms with Crippen molar-refractivity contribution in [2.45, 2.75) is 17.9 Å². The van der Waals surface area contributed by atoms with Gasteiger partial charge in [0.15, 0.2) is 5.75 Å². The molecule has 0 aliphatic rings. The molecule has 0 saturated heterocycles. The van der Waals surface area contributed by atoms with Crippen LogP contribution >= 0.6 is 23.5 Å². The van der Waals surface area contributed by atoms with Crippen molar-refractivity contribution < 1.29 is 9.94 Å². The summed E-state index contributed by atoms with van der Waals surface area (Å²) in [6.45, 7) is 1.89. The summed E-state index contributed by atoms with van der Waals surface area (Å²) in [4.78, 5) is 29.6. The highest BCUT2D eigenvalue weighted by molar-refractivity contribution is 7.97. The van der Waals surface area contributed by atoms with Crippen molar-refractivity contribution in [2.24, 2.45) is 0 Å². The van der Waals surface area contributed by atoms with Crippen molar-refractivity contribution in [1.82, 2.24) is 4.47 Å². The third-order valence-corrected chi connectivity index (χ3v) is 5.82. The summed E-state index contributed by atoms with van der Waals surface area (Å²) in [5, 5.41) is 16.8. The van der Waals surface area contributed by atoms with E-state index in [2.05, 4.69) is 10.6 Å². The van der Waals surface area contributed by atoms with Crippen LogP contribution in [0.15, 0.2) is 56.9 Å². The van der Waals surface area contributed by atoms with Crippen molar-refractivity contribution >= 4 is 40.6 Å². The molecule has 3 N–H and O–H groups in total. The Morgan fingerprint density at radius 2 is 1.76 bits per heavy atom. The van der Waals surface area contributed by atoms with Crippen LogP contribution in [0.25, 0.3) is 0 Å². The van der Waals surface area contributed by atoms with Gasteiger partial charge in [-0.05, 0) is 36.6 Å². The molecule has 0 unspecified atom stereocenters. The minimum atomic E-state index is -0.648. The molecule has 29 heavy (non-hydrogen) atoms. The molecule has 0 spiro atoms. The Kier molecular flexibility index (Phi) is 6.49. The fourth-order valence-corrected chi connectivity index (χ4v) is 3.66. The molecule has 3 aromatic carbocycles. The van der Waals surface area contributed by atoms with Gasteiger partial charge in [-0.3, -0.25) is 14.4 Å². The topological polar surface area (TPSA) is 90.9 Å². The minimum Gasteiger partial charge on any atom is -0.505 e. The van der Waals surface area contributed by atoms with Gasteiger partial charge in [-0.2, -0.15) is 0 Å². The molecule has 0 amide bonds. The molecule has 7 nitrogen and oxygen atoms in total. The van der Waals surface area contributed by atoms with Crippen molar-refractivity contribution in [3.05, 3.63) is 73.5 Å². The zero-order valence-corrected chi connectivity index (χ0v) is 17.6. The SMILES string of the molecule is CON(C)Sc1c(Cl)ccc(Nc2c(N[C@H](C)c3ccccc3)c(=O)c2=O)c1O. The summed E-state index contributed by atoms with van der Waals surface area (Å²) in [5.41, 5.74) is 0.268. The van der Waals surface area contributed by atoms with Gasteiger partial charge < -0.3 is 15.7 Å². The zero-order chi connectivity index (χ0) is 21.1. The lowest BCUT2D eigenvalue weighted by Gasteiger charge is -2.21. The summed E-state index contributed by atoms with van der Waals surface area (Å²) in [6.07, 6.45) is 0. The van der Waals surface area contributed by atoms with Crippen molar-refractivity contribution in [1.29, 1.82) is 0 Å². The van der Waals surface area contributed by atoms with Crippen LogP contribution in [0.1, 0.15) is 18.5 Å². The van der Waals surface area contributed by atoms with Crippen molar-refractivity contribution in [3.63, 3.8) is 0 Å². The van der Waals surface area contributed by atoms with E-state index >= 15 is 0 Å². The first-order valence-electron chi connectivity index (χ1n) is 8.72. The van der Waals surface area contributed by atoms with Gasteiger partial charge in [-0.1, -0.05) is 41.9 Å². The van der Waals surface area contributed by atoms with Crippen molar-refractivity contribution in [2.75, 3.05) is 24.8 Å². The van der Waals surface area contributed by atoms with Gasteiger partial charge in [-0.25, -0.2) is 0 Å². The molecule has 0 heterocycles. The van der Waals surface area contributed by atoms with Crippen LogP contribution in [-0.2, 0) is 4.84 Å². The number of benzene rings is 2. The highest BCUT2D eigenvalue weighted by atomic mass is 35.5. The second-order valence-electron chi connectivity index (χ2n) is 6.30. The molecular formula is C20H20ClN3O4S. The first-order valence-corrected chi connectivity index (χ1v) is 9.87. The fraction of sp³-hybridized carbons (Fsp3) is 0.200. The molecule has 9 heteroatoms. The highest BCUT2D eigenvalue weighted by Crippen LogP contribution is 2.42. The summed E-state index contributed by atoms with van der Waals surface area (Å²) in [5.74, 6) is -0.151. The summed E-state index contributed by atoms with van der Waals surface area (Å²) >= 11 is 7.25. The van der Waals surface area contributed by atoms with Crippen LogP contribution in [0.4, 0.5) is 17.1 Å². The second kappa shape index (κ2) is 8.87. The number of phenols is 1. The van der Waals surface area contributed by atoms with Gasteiger partial charge >= 0.3 is 0 Å². The van der Waals surface area contributed by atoms with E-state index in [1.807, 2.05) is 37.3 Å². The van der Waals surface area contributed by atoms with Crippen LogP contribution in [0, 0.1) is 0 Å². The molecule has 0 bridgehead atoms. The smallest absolute Gasteiger partial charge is 0.253 e. The maximum absolute atomic E-state index is 12.1. The molecule has 1 atom stereocenters. The number of phenolic OH excluding ortho intramolecular Hbond substituents is 1. The van der Waals surface area contributed by atoms with Crippen LogP contribution in [0.2, 0.25) is 5.02 Å². The number of aromatic hydroxyl groups is 1. The minimum absolute atomic E-state index is 0.103. The maximum atomic E-state index is 12.1. The zero-order valence-electron chi connectivity index (χ0n) is 16.0. The fourth-order valence-electron chi connectivity index (χ4n) is 2.72. The number of anilines is 3. The van der Waals surface area contributed by atoms with Gasteiger partial charge in [0.05, 0.1) is 22.7 Å². The number of nitrogens with one attached hydrogen (secondary N) is 2. The monoisotopic (exact) mass is 433 g/mol. The standard InChI is InChI=1S/C20H20ClN3O4S/c1-11(12-7-5-4-6-8-12)22-15-16(19(27)18(15)26)23-14-10-9-13(21)20(17(14)25)29-24(2)28-3/h4-11,22-23,25H,1-3H3/t11-/m1/s1. The van der Waals surface area contributed by atoms with E-state index in [1.54, 1.807) is 13.1 Å². The third-order valence-electron chi connectivity index (χ3n) is 4.39. The number of hydrogen-bond donors (Lipinski definition) is 3. The van der Waals surface area contributed by atoms with E-state index in [1.165, 1.54) is 17.6 Å². The van der Waals surface area contributed by atoms with E-state index < -0.39 is 10.9 Å². The Hall–Kier alpha value is -2.52. The average molecular weight is 434 g/mol. The van der Waals surface area contributed by atoms with Gasteiger partial charge in [0.1, 0.15) is 11.4 Å². The lowest BCUT2D eigenvalue weighted by molar-refractivity contribution is -0.0146. The van der Waals surface area contributed by atoms with Crippen LogP contribution in [-0.4, -0.2) is 23.7 Å². The van der Waals surface area contributed by atoms with E-state index in [0.29, 0.717) is 9.92 Å². The molecule has 3 aromatic rings. The van der Waals surface area contributed by atoms with Gasteiger partial charge in [0.25, 0.3) is 10.9 Å². The molecule has 152 valence electrons. The lowest BCUT2D eigenvalue weighted by atomic mass is 10.1.